The molecule has 1 aromatic rings. The minimum Gasteiger partial charge on any atom is -0.371 e. The third-order valence-electron chi connectivity index (χ3n) is 2.65. The number of rotatable bonds is 7. The highest BCUT2D eigenvalue weighted by Crippen LogP contribution is 2.20. The lowest BCUT2D eigenvalue weighted by molar-refractivity contribution is -0.130. The van der Waals surface area contributed by atoms with E-state index >= 15 is 0 Å². The Hall–Kier alpha value is -0.740. The van der Waals surface area contributed by atoms with Crippen molar-refractivity contribution in [1.29, 1.82) is 0 Å². The lowest BCUT2D eigenvalue weighted by atomic mass is 10.0. The van der Waals surface area contributed by atoms with E-state index in [1.165, 1.54) is 12.1 Å². The van der Waals surface area contributed by atoms with Gasteiger partial charge in [-0.15, -0.1) is 0 Å². The molecule has 0 aliphatic carbocycles. The lowest BCUT2D eigenvalue weighted by Crippen LogP contribution is -2.26. The average Bonchev–Trinajstić information content (AvgIpc) is 2.33. The highest BCUT2D eigenvalue weighted by molar-refractivity contribution is 9.10. The normalized spacial score (nSPS) is 12.4. The monoisotopic (exact) mass is 316 g/mol. The smallest absolute Gasteiger partial charge is 0.165 e. The first-order valence-electron chi connectivity index (χ1n) is 6.16. The maximum atomic E-state index is 13.1. The predicted octanol–water partition coefficient (Wildman–Crippen LogP) is 3.91. The number of Topliss-reactive ketones (excluding diaryl/α,β-unsaturated/α-hetero) is 1. The molecule has 1 atom stereocenters. The van der Waals surface area contributed by atoms with Crippen LogP contribution in [0.1, 0.15) is 32.3 Å². The third-order valence-corrected chi connectivity index (χ3v) is 3.42. The van der Waals surface area contributed by atoms with Crippen LogP contribution in [0.2, 0.25) is 0 Å². The summed E-state index contributed by atoms with van der Waals surface area (Å²) in [5, 5.41) is 0. The molecule has 0 saturated carbocycles. The highest BCUT2D eigenvalue weighted by Gasteiger charge is 2.19. The lowest BCUT2D eigenvalue weighted by Gasteiger charge is -2.15. The van der Waals surface area contributed by atoms with Gasteiger partial charge in [0.25, 0.3) is 0 Å². The van der Waals surface area contributed by atoms with E-state index in [2.05, 4.69) is 15.9 Å². The van der Waals surface area contributed by atoms with E-state index in [1.807, 2.05) is 13.8 Å². The SMILES string of the molecule is CCCC(OCC)C(=O)Cc1cc(F)ccc1Br. The quantitative estimate of drug-likeness (QED) is 0.762. The zero-order chi connectivity index (χ0) is 13.5. The maximum absolute atomic E-state index is 13.1. The number of hydrogen-bond acceptors (Lipinski definition) is 2. The molecule has 0 aromatic heterocycles. The summed E-state index contributed by atoms with van der Waals surface area (Å²) in [4.78, 5) is 12.1. The average molecular weight is 317 g/mol. The van der Waals surface area contributed by atoms with Crippen molar-refractivity contribution in [3.8, 4) is 0 Å². The van der Waals surface area contributed by atoms with E-state index in [0.29, 0.717) is 18.6 Å². The van der Waals surface area contributed by atoms with Crippen LogP contribution in [-0.2, 0) is 16.0 Å². The zero-order valence-electron chi connectivity index (χ0n) is 10.7. The van der Waals surface area contributed by atoms with Crippen LogP contribution in [0.3, 0.4) is 0 Å². The second kappa shape index (κ2) is 7.64. The summed E-state index contributed by atoms with van der Waals surface area (Å²) in [6.07, 6.45) is 1.42. The Morgan fingerprint density at radius 3 is 2.78 bits per heavy atom. The van der Waals surface area contributed by atoms with Gasteiger partial charge in [0.15, 0.2) is 5.78 Å². The van der Waals surface area contributed by atoms with Gasteiger partial charge in [0.1, 0.15) is 11.9 Å². The summed E-state index contributed by atoms with van der Waals surface area (Å²) >= 11 is 3.33. The molecule has 0 aliphatic heterocycles. The first kappa shape index (κ1) is 15.3. The summed E-state index contributed by atoms with van der Waals surface area (Å²) < 4.78 is 19.3. The van der Waals surface area contributed by atoms with Crippen molar-refractivity contribution in [1.82, 2.24) is 0 Å². The van der Waals surface area contributed by atoms with Crippen LogP contribution < -0.4 is 0 Å². The Labute approximate surface area is 116 Å². The summed E-state index contributed by atoms with van der Waals surface area (Å²) in [7, 11) is 0. The summed E-state index contributed by atoms with van der Waals surface area (Å²) in [5.41, 5.74) is 0.667. The molecule has 0 aliphatic rings. The fraction of sp³-hybridized carbons (Fsp3) is 0.500. The number of halogens is 2. The molecule has 4 heteroatoms. The van der Waals surface area contributed by atoms with E-state index in [1.54, 1.807) is 6.07 Å². The number of benzene rings is 1. The molecular formula is C14H18BrFO2. The number of hydrogen-bond donors (Lipinski definition) is 0. The fourth-order valence-electron chi connectivity index (χ4n) is 1.78. The van der Waals surface area contributed by atoms with E-state index in [0.717, 1.165) is 10.9 Å². The Morgan fingerprint density at radius 1 is 1.44 bits per heavy atom. The van der Waals surface area contributed by atoms with Crippen molar-refractivity contribution >= 4 is 21.7 Å². The van der Waals surface area contributed by atoms with Crippen LogP contribution in [0.25, 0.3) is 0 Å². The molecular weight excluding hydrogens is 299 g/mol. The molecule has 100 valence electrons. The molecule has 0 fully saturated rings. The Morgan fingerprint density at radius 2 is 2.17 bits per heavy atom. The van der Waals surface area contributed by atoms with Gasteiger partial charge in [-0.05, 0) is 37.1 Å². The molecule has 0 heterocycles. The molecule has 0 saturated heterocycles. The van der Waals surface area contributed by atoms with E-state index < -0.39 is 0 Å². The van der Waals surface area contributed by atoms with Gasteiger partial charge in [0.2, 0.25) is 0 Å². The van der Waals surface area contributed by atoms with Crippen LogP contribution in [0.15, 0.2) is 22.7 Å². The molecule has 0 amide bonds. The molecule has 0 spiro atoms. The van der Waals surface area contributed by atoms with Crippen LogP contribution in [0.5, 0.6) is 0 Å². The largest absolute Gasteiger partial charge is 0.371 e. The first-order valence-corrected chi connectivity index (χ1v) is 6.96. The van der Waals surface area contributed by atoms with Gasteiger partial charge in [-0.1, -0.05) is 29.3 Å². The van der Waals surface area contributed by atoms with Gasteiger partial charge < -0.3 is 4.74 Å². The molecule has 1 rings (SSSR count). The van der Waals surface area contributed by atoms with E-state index in [4.69, 9.17) is 4.74 Å². The van der Waals surface area contributed by atoms with Crippen LogP contribution in [-0.4, -0.2) is 18.5 Å². The van der Waals surface area contributed by atoms with Gasteiger partial charge in [-0.2, -0.15) is 0 Å². The van der Waals surface area contributed by atoms with E-state index in [9.17, 15) is 9.18 Å². The standard InChI is InChI=1S/C14H18BrFO2/c1-3-5-14(18-4-2)13(17)9-10-8-11(16)6-7-12(10)15/h6-8,14H,3-5,9H2,1-2H3. The number of carbonyl (C=O) groups excluding carboxylic acids is 1. The number of ether oxygens (including phenoxy) is 1. The molecule has 0 radical (unpaired) electrons. The van der Waals surface area contributed by atoms with E-state index in [-0.39, 0.29) is 24.1 Å². The Kier molecular flexibility index (Phi) is 6.50. The predicted molar refractivity (Wildman–Crippen MR) is 73.1 cm³/mol. The van der Waals surface area contributed by atoms with Crippen LogP contribution in [0.4, 0.5) is 4.39 Å². The Bertz CT molecular complexity index is 401. The van der Waals surface area contributed by atoms with Crippen LogP contribution >= 0.6 is 15.9 Å². The topological polar surface area (TPSA) is 26.3 Å². The third kappa shape index (κ3) is 4.50. The highest BCUT2D eigenvalue weighted by atomic mass is 79.9. The minimum atomic E-state index is -0.379. The van der Waals surface area contributed by atoms with Crippen molar-refractivity contribution in [3.63, 3.8) is 0 Å². The number of carbonyl (C=O) groups is 1. The molecule has 0 bridgehead atoms. The fourth-order valence-corrected chi connectivity index (χ4v) is 2.17. The van der Waals surface area contributed by atoms with Gasteiger partial charge >= 0.3 is 0 Å². The first-order chi connectivity index (χ1) is 8.58. The summed E-state index contributed by atoms with van der Waals surface area (Å²) in [5.74, 6) is -0.325. The molecule has 18 heavy (non-hydrogen) atoms. The molecule has 1 aromatic carbocycles. The number of ketones is 1. The van der Waals surface area contributed by atoms with Crippen LogP contribution in [0, 0.1) is 5.82 Å². The Balaban J connectivity index is 2.75. The maximum Gasteiger partial charge on any atom is 0.165 e. The van der Waals surface area contributed by atoms with Crippen molar-refractivity contribution in [2.24, 2.45) is 0 Å². The zero-order valence-corrected chi connectivity index (χ0v) is 12.3. The van der Waals surface area contributed by atoms with Crippen molar-refractivity contribution in [2.45, 2.75) is 39.2 Å². The summed E-state index contributed by atoms with van der Waals surface area (Å²) in [6.45, 7) is 4.40. The van der Waals surface area contributed by atoms with Gasteiger partial charge in [-0.3, -0.25) is 4.79 Å². The molecule has 0 N–H and O–H groups in total. The summed E-state index contributed by atoms with van der Waals surface area (Å²) in [6, 6.07) is 4.37. The second-order valence-corrected chi connectivity index (χ2v) is 4.97. The van der Waals surface area contributed by atoms with Crippen molar-refractivity contribution in [2.75, 3.05) is 6.61 Å². The van der Waals surface area contributed by atoms with Gasteiger partial charge in [-0.25, -0.2) is 4.39 Å². The molecule has 1 unspecified atom stereocenters. The van der Waals surface area contributed by atoms with Crippen molar-refractivity contribution in [3.05, 3.63) is 34.1 Å². The minimum absolute atomic E-state index is 0.00463. The second-order valence-electron chi connectivity index (χ2n) is 4.11. The van der Waals surface area contributed by atoms with Gasteiger partial charge in [0.05, 0.1) is 0 Å². The molecule has 2 nitrogen and oxygen atoms in total. The van der Waals surface area contributed by atoms with Crippen molar-refractivity contribution < 1.29 is 13.9 Å². The van der Waals surface area contributed by atoms with Gasteiger partial charge in [0, 0.05) is 17.5 Å².